The van der Waals surface area contributed by atoms with Gasteiger partial charge in [-0.25, -0.2) is 24.3 Å². The van der Waals surface area contributed by atoms with Crippen molar-refractivity contribution in [3.63, 3.8) is 0 Å². The zero-order valence-corrected chi connectivity index (χ0v) is 24.8. The molecule has 38 heavy (non-hydrogen) atoms. The molecule has 13 heteroatoms. The van der Waals surface area contributed by atoms with Gasteiger partial charge in [0.25, 0.3) is 0 Å². The predicted molar refractivity (Wildman–Crippen MR) is 161 cm³/mol. The summed E-state index contributed by atoms with van der Waals surface area (Å²) >= 11 is 0. The molecule has 4 heterocycles. The van der Waals surface area contributed by atoms with Crippen molar-refractivity contribution >= 4 is 61.4 Å². The van der Waals surface area contributed by atoms with E-state index < -0.39 is 5.82 Å². The first-order chi connectivity index (χ1) is 16.3. The molecule has 3 aromatic heterocycles. The van der Waals surface area contributed by atoms with E-state index in [-0.39, 0.29) is 84.3 Å². The Balaban J connectivity index is 0.00000342. The molecule has 0 atom stereocenters. The standard InChI is InChI=1S/C25H32FN7O.4ClH/c1-4-5-17-21(15-9-12-33(13-10-15)14(2)3)31-25(28)32-22(17)23-19(34)7-6-18(30-23)16-8-11-29-24(27)20(16)26;;;;/h6-8,11,14-15,34H,4-5,9-10,12-13H2,1-3H3,(H2,27,29)(H2,28,31,32);4*1H. The van der Waals surface area contributed by atoms with Crippen molar-refractivity contribution < 1.29 is 9.50 Å². The van der Waals surface area contributed by atoms with E-state index in [4.69, 9.17) is 11.5 Å². The van der Waals surface area contributed by atoms with Crippen LogP contribution in [0.1, 0.15) is 57.2 Å². The number of pyridine rings is 2. The first-order valence-corrected chi connectivity index (χ1v) is 11.8. The van der Waals surface area contributed by atoms with E-state index in [0.717, 1.165) is 50.0 Å². The molecule has 8 nitrogen and oxygen atoms in total. The smallest absolute Gasteiger partial charge is 0.220 e. The number of aromatic hydroxyl groups is 1. The third-order valence-corrected chi connectivity index (χ3v) is 6.49. The van der Waals surface area contributed by atoms with E-state index in [9.17, 15) is 9.50 Å². The number of anilines is 2. The molecule has 1 aliphatic heterocycles. The highest BCUT2D eigenvalue weighted by atomic mass is 35.5. The van der Waals surface area contributed by atoms with Crippen LogP contribution >= 0.6 is 49.6 Å². The number of nitrogens with zero attached hydrogens (tertiary/aromatic N) is 5. The van der Waals surface area contributed by atoms with Gasteiger partial charge >= 0.3 is 0 Å². The van der Waals surface area contributed by atoms with Crippen LogP contribution in [-0.2, 0) is 6.42 Å². The first-order valence-electron chi connectivity index (χ1n) is 11.8. The van der Waals surface area contributed by atoms with Gasteiger partial charge in [0.05, 0.1) is 11.4 Å². The summed E-state index contributed by atoms with van der Waals surface area (Å²) in [6, 6.07) is 5.05. The van der Waals surface area contributed by atoms with Crippen LogP contribution in [0.25, 0.3) is 22.6 Å². The Morgan fingerprint density at radius 1 is 1.00 bits per heavy atom. The van der Waals surface area contributed by atoms with Gasteiger partial charge in [-0.1, -0.05) is 13.3 Å². The average Bonchev–Trinajstić information content (AvgIpc) is 2.82. The molecule has 0 aromatic carbocycles. The van der Waals surface area contributed by atoms with Gasteiger partial charge in [-0.2, -0.15) is 0 Å². The summed E-state index contributed by atoms with van der Waals surface area (Å²) in [7, 11) is 0. The van der Waals surface area contributed by atoms with Crippen LogP contribution < -0.4 is 11.5 Å². The van der Waals surface area contributed by atoms with Crippen molar-refractivity contribution in [3.8, 4) is 28.4 Å². The Morgan fingerprint density at radius 2 is 1.66 bits per heavy atom. The molecule has 0 bridgehead atoms. The van der Waals surface area contributed by atoms with Crippen molar-refractivity contribution in [1.82, 2.24) is 24.8 Å². The molecule has 0 spiro atoms. The zero-order valence-electron chi connectivity index (χ0n) is 21.6. The number of likely N-dealkylation sites (tertiary alicyclic amines) is 1. The Morgan fingerprint density at radius 3 is 2.26 bits per heavy atom. The van der Waals surface area contributed by atoms with Gasteiger partial charge in [0.2, 0.25) is 5.95 Å². The maximum atomic E-state index is 14.6. The van der Waals surface area contributed by atoms with Gasteiger partial charge in [-0.05, 0) is 64.4 Å². The van der Waals surface area contributed by atoms with Gasteiger partial charge in [-0.15, -0.1) is 49.6 Å². The van der Waals surface area contributed by atoms with Crippen LogP contribution in [0.3, 0.4) is 0 Å². The molecular formula is C25H36Cl4FN7O. The third kappa shape index (κ3) is 7.48. The largest absolute Gasteiger partial charge is 0.506 e. The number of rotatable bonds is 6. The number of halogens is 5. The van der Waals surface area contributed by atoms with E-state index in [1.54, 1.807) is 6.07 Å². The lowest BCUT2D eigenvalue weighted by atomic mass is 9.87. The second-order valence-corrected chi connectivity index (χ2v) is 9.07. The van der Waals surface area contributed by atoms with Crippen LogP contribution in [0.4, 0.5) is 16.2 Å². The van der Waals surface area contributed by atoms with Gasteiger partial charge in [0, 0.05) is 29.3 Å². The second kappa shape index (κ2) is 15.4. The van der Waals surface area contributed by atoms with E-state index >= 15 is 0 Å². The van der Waals surface area contributed by atoms with E-state index in [1.807, 2.05) is 0 Å². The molecule has 0 radical (unpaired) electrons. The summed E-state index contributed by atoms with van der Waals surface area (Å²) < 4.78 is 14.6. The van der Waals surface area contributed by atoms with E-state index in [0.29, 0.717) is 17.4 Å². The Kier molecular flexibility index (Phi) is 14.5. The van der Waals surface area contributed by atoms with Crippen LogP contribution in [0, 0.1) is 5.82 Å². The van der Waals surface area contributed by atoms with Gasteiger partial charge in [-0.3, -0.25) is 0 Å². The lowest BCUT2D eigenvalue weighted by Gasteiger charge is -2.35. The molecule has 3 aromatic rings. The molecule has 0 saturated carbocycles. The summed E-state index contributed by atoms with van der Waals surface area (Å²) in [6.45, 7) is 8.50. The molecule has 212 valence electrons. The fraction of sp³-hybridized carbons (Fsp3) is 0.440. The molecule has 5 N–H and O–H groups in total. The van der Waals surface area contributed by atoms with Gasteiger partial charge in [0.15, 0.2) is 11.6 Å². The Labute approximate surface area is 247 Å². The zero-order chi connectivity index (χ0) is 24.4. The van der Waals surface area contributed by atoms with Crippen LogP contribution in [0.5, 0.6) is 5.75 Å². The number of hydrogen-bond acceptors (Lipinski definition) is 8. The lowest BCUT2D eigenvalue weighted by molar-refractivity contribution is 0.170. The third-order valence-electron chi connectivity index (χ3n) is 6.49. The highest BCUT2D eigenvalue weighted by molar-refractivity contribution is 5.86. The maximum Gasteiger partial charge on any atom is 0.220 e. The summed E-state index contributed by atoms with van der Waals surface area (Å²) in [4.78, 5) is 20.0. The van der Waals surface area contributed by atoms with E-state index in [2.05, 4.69) is 45.6 Å². The van der Waals surface area contributed by atoms with Crippen LogP contribution in [0.15, 0.2) is 24.4 Å². The molecule has 4 rings (SSSR count). The molecule has 1 fully saturated rings. The van der Waals surface area contributed by atoms with Gasteiger partial charge < -0.3 is 21.5 Å². The van der Waals surface area contributed by atoms with Crippen LogP contribution in [-0.4, -0.2) is 49.1 Å². The lowest BCUT2D eigenvalue weighted by Crippen LogP contribution is -2.38. The molecule has 1 saturated heterocycles. The summed E-state index contributed by atoms with van der Waals surface area (Å²) in [5, 5.41) is 10.7. The number of hydrogen-bond donors (Lipinski definition) is 3. The van der Waals surface area contributed by atoms with Gasteiger partial charge in [0.1, 0.15) is 17.1 Å². The number of nitrogen functional groups attached to an aromatic ring is 2. The molecular weight excluding hydrogens is 575 g/mol. The minimum atomic E-state index is -0.653. The molecule has 0 aliphatic carbocycles. The second-order valence-electron chi connectivity index (χ2n) is 9.07. The number of piperidine rings is 1. The SMILES string of the molecule is CCCc1c(-c2nc(-c3ccnc(N)c3F)ccc2O)nc(N)nc1C1CCN(C(C)C)CC1.Cl.Cl.Cl.Cl. The Hall–Kier alpha value is -2.17. The predicted octanol–water partition coefficient (Wildman–Crippen LogP) is 5.84. The Bertz CT molecular complexity index is 1190. The minimum Gasteiger partial charge on any atom is -0.506 e. The normalized spacial score (nSPS) is 13.6. The summed E-state index contributed by atoms with van der Waals surface area (Å²) in [6.07, 6.45) is 4.97. The van der Waals surface area contributed by atoms with E-state index in [1.165, 1.54) is 18.3 Å². The number of nitrogens with two attached hydrogens (primary N) is 2. The fourth-order valence-electron chi connectivity index (χ4n) is 4.67. The molecule has 0 amide bonds. The average molecular weight is 611 g/mol. The molecule has 1 aliphatic rings. The van der Waals surface area contributed by atoms with Crippen molar-refractivity contribution in [2.45, 2.75) is 58.4 Å². The van der Waals surface area contributed by atoms with Crippen molar-refractivity contribution in [2.24, 2.45) is 0 Å². The highest BCUT2D eigenvalue weighted by Crippen LogP contribution is 2.38. The topological polar surface area (TPSA) is 127 Å². The van der Waals surface area contributed by atoms with Crippen LogP contribution in [0.2, 0.25) is 0 Å². The fourth-order valence-corrected chi connectivity index (χ4v) is 4.67. The minimum absolute atomic E-state index is 0. The maximum absolute atomic E-state index is 14.6. The monoisotopic (exact) mass is 609 g/mol. The van der Waals surface area contributed by atoms with Crippen molar-refractivity contribution in [1.29, 1.82) is 0 Å². The highest BCUT2D eigenvalue weighted by Gasteiger charge is 2.28. The summed E-state index contributed by atoms with van der Waals surface area (Å²) in [5.41, 5.74) is 15.0. The first kappa shape index (κ1) is 35.8. The van der Waals surface area contributed by atoms with Crippen molar-refractivity contribution in [2.75, 3.05) is 24.6 Å². The quantitative estimate of drug-likeness (QED) is 0.318. The molecule has 0 unspecified atom stereocenters. The van der Waals surface area contributed by atoms with Crippen molar-refractivity contribution in [3.05, 3.63) is 41.5 Å². The summed E-state index contributed by atoms with van der Waals surface area (Å²) in [5.74, 6) is -0.519. The number of aromatic nitrogens is 4.